The molecule has 1 saturated carbocycles. The van der Waals surface area contributed by atoms with Crippen LogP contribution in [0.1, 0.15) is 60.9 Å². The first-order chi connectivity index (χ1) is 12.1. The predicted molar refractivity (Wildman–Crippen MR) is 97.3 cm³/mol. The van der Waals surface area contributed by atoms with Crippen molar-refractivity contribution in [1.29, 1.82) is 0 Å². The summed E-state index contributed by atoms with van der Waals surface area (Å²) in [7, 11) is 0. The van der Waals surface area contributed by atoms with E-state index in [1.54, 1.807) is 12.1 Å². The number of ketones is 1. The maximum atomic E-state index is 12.0. The van der Waals surface area contributed by atoms with E-state index in [9.17, 15) is 14.4 Å². The molecule has 0 aromatic heterocycles. The molecule has 0 atom stereocenters. The third kappa shape index (κ3) is 6.69. The molecule has 2 N–H and O–H groups in total. The summed E-state index contributed by atoms with van der Waals surface area (Å²) in [5.74, 6) is 0.0493. The summed E-state index contributed by atoms with van der Waals surface area (Å²) >= 11 is 0. The van der Waals surface area contributed by atoms with E-state index in [1.807, 2.05) is 19.1 Å². The second-order valence-corrected chi connectivity index (χ2v) is 6.77. The number of amides is 2. The van der Waals surface area contributed by atoms with Gasteiger partial charge in [0.2, 0.25) is 11.8 Å². The fourth-order valence-electron chi connectivity index (χ4n) is 3.10. The maximum Gasteiger partial charge on any atom is 0.223 e. The Bertz CT molecular complexity index is 589. The van der Waals surface area contributed by atoms with Gasteiger partial charge in [-0.25, -0.2) is 0 Å². The molecule has 0 unspecified atom stereocenters. The Balaban J connectivity index is 1.58. The molecular formula is C20H28N2O3. The van der Waals surface area contributed by atoms with Crippen molar-refractivity contribution in [2.75, 3.05) is 13.1 Å². The van der Waals surface area contributed by atoms with Crippen molar-refractivity contribution in [2.24, 2.45) is 5.92 Å². The lowest BCUT2D eigenvalue weighted by Gasteiger charge is -2.20. The first-order valence-electron chi connectivity index (χ1n) is 9.20. The highest BCUT2D eigenvalue weighted by Gasteiger charge is 2.20. The molecule has 2 amide bonds. The fourth-order valence-corrected chi connectivity index (χ4v) is 3.10. The molecule has 5 nitrogen and oxygen atoms in total. The van der Waals surface area contributed by atoms with Crippen LogP contribution in [-0.2, 0) is 9.59 Å². The van der Waals surface area contributed by atoms with E-state index in [-0.39, 0.29) is 36.4 Å². The van der Waals surface area contributed by atoms with Crippen molar-refractivity contribution in [2.45, 2.75) is 51.9 Å². The number of aryl methyl sites for hydroxylation is 1. The molecule has 5 heteroatoms. The third-order valence-electron chi connectivity index (χ3n) is 4.68. The molecule has 1 aliphatic carbocycles. The quantitative estimate of drug-likeness (QED) is 0.562. The number of hydrogen-bond acceptors (Lipinski definition) is 3. The second kappa shape index (κ2) is 9.97. The Morgan fingerprint density at radius 1 is 0.920 bits per heavy atom. The number of rotatable bonds is 8. The Morgan fingerprint density at radius 2 is 1.56 bits per heavy atom. The van der Waals surface area contributed by atoms with E-state index in [1.165, 1.54) is 6.42 Å². The van der Waals surface area contributed by atoms with E-state index in [4.69, 9.17) is 0 Å². The van der Waals surface area contributed by atoms with Crippen molar-refractivity contribution in [3.8, 4) is 0 Å². The predicted octanol–water partition coefficient (Wildman–Crippen LogP) is 2.77. The molecule has 0 spiro atoms. The minimum absolute atomic E-state index is 0.0271. The summed E-state index contributed by atoms with van der Waals surface area (Å²) in [5.41, 5.74) is 1.74. The molecule has 25 heavy (non-hydrogen) atoms. The van der Waals surface area contributed by atoms with Gasteiger partial charge >= 0.3 is 0 Å². The first-order valence-corrected chi connectivity index (χ1v) is 9.20. The monoisotopic (exact) mass is 344 g/mol. The van der Waals surface area contributed by atoms with Gasteiger partial charge in [0, 0.05) is 37.4 Å². The first kappa shape index (κ1) is 19.2. The topological polar surface area (TPSA) is 75.3 Å². The van der Waals surface area contributed by atoms with E-state index >= 15 is 0 Å². The van der Waals surface area contributed by atoms with Crippen molar-refractivity contribution in [3.63, 3.8) is 0 Å². The number of benzene rings is 1. The van der Waals surface area contributed by atoms with E-state index in [0.29, 0.717) is 18.7 Å². The van der Waals surface area contributed by atoms with Crippen molar-refractivity contribution >= 4 is 17.6 Å². The van der Waals surface area contributed by atoms with Crippen LogP contribution >= 0.6 is 0 Å². The largest absolute Gasteiger partial charge is 0.354 e. The summed E-state index contributed by atoms with van der Waals surface area (Å²) in [6, 6.07) is 7.36. The van der Waals surface area contributed by atoms with Crippen LogP contribution in [0.4, 0.5) is 0 Å². The molecule has 0 saturated heterocycles. The van der Waals surface area contributed by atoms with Gasteiger partial charge in [0.15, 0.2) is 5.78 Å². The standard InChI is InChI=1S/C20H28N2O3/c1-15-7-9-16(10-8-15)18(23)11-12-19(24)21-13-14-22-20(25)17-5-3-2-4-6-17/h7-10,17H,2-6,11-14H2,1H3,(H,21,24)(H,22,25). The lowest BCUT2D eigenvalue weighted by molar-refractivity contribution is -0.126. The van der Waals surface area contributed by atoms with Crippen LogP contribution < -0.4 is 10.6 Å². The van der Waals surface area contributed by atoms with E-state index in [0.717, 1.165) is 31.2 Å². The molecule has 0 heterocycles. The van der Waals surface area contributed by atoms with E-state index in [2.05, 4.69) is 10.6 Å². The molecule has 1 aliphatic rings. The van der Waals surface area contributed by atoms with Crippen LogP contribution in [0.15, 0.2) is 24.3 Å². The van der Waals surface area contributed by atoms with Crippen LogP contribution in [0.2, 0.25) is 0 Å². The maximum absolute atomic E-state index is 12.0. The van der Waals surface area contributed by atoms with Gasteiger partial charge in [0.25, 0.3) is 0 Å². The molecule has 0 radical (unpaired) electrons. The summed E-state index contributed by atoms with van der Waals surface area (Å²) < 4.78 is 0. The number of hydrogen-bond donors (Lipinski definition) is 2. The van der Waals surface area contributed by atoms with Gasteiger partial charge in [0.05, 0.1) is 0 Å². The molecule has 1 fully saturated rings. The normalized spacial score (nSPS) is 14.8. The average Bonchev–Trinajstić information content (AvgIpc) is 2.64. The highest BCUT2D eigenvalue weighted by Crippen LogP contribution is 2.23. The van der Waals surface area contributed by atoms with E-state index < -0.39 is 0 Å². The molecule has 136 valence electrons. The molecule has 1 aromatic carbocycles. The highest BCUT2D eigenvalue weighted by atomic mass is 16.2. The number of carbonyl (C=O) groups is 3. The zero-order chi connectivity index (χ0) is 18.1. The lowest BCUT2D eigenvalue weighted by Crippen LogP contribution is -2.38. The number of carbonyl (C=O) groups excluding carboxylic acids is 3. The Labute approximate surface area is 149 Å². The van der Waals surface area contributed by atoms with Crippen LogP contribution in [0.25, 0.3) is 0 Å². The fraction of sp³-hybridized carbons (Fsp3) is 0.550. The Morgan fingerprint density at radius 3 is 2.24 bits per heavy atom. The zero-order valence-electron chi connectivity index (χ0n) is 15.0. The van der Waals surface area contributed by atoms with Crippen LogP contribution in [-0.4, -0.2) is 30.7 Å². The smallest absolute Gasteiger partial charge is 0.223 e. The lowest BCUT2D eigenvalue weighted by atomic mass is 9.89. The zero-order valence-corrected chi connectivity index (χ0v) is 15.0. The minimum Gasteiger partial charge on any atom is -0.354 e. The van der Waals surface area contributed by atoms with Crippen molar-refractivity contribution < 1.29 is 14.4 Å². The van der Waals surface area contributed by atoms with Gasteiger partial charge in [-0.05, 0) is 19.8 Å². The number of Topliss-reactive ketones (excluding diaryl/α,β-unsaturated/α-hetero) is 1. The third-order valence-corrected chi connectivity index (χ3v) is 4.68. The Hall–Kier alpha value is -2.17. The summed E-state index contributed by atoms with van der Waals surface area (Å²) in [4.78, 5) is 35.8. The van der Waals surface area contributed by atoms with Gasteiger partial charge in [0.1, 0.15) is 0 Å². The summed E-state index contributed by atoms with van der Waals surface area (Å²) in [6.07, 6.45) is 5.79. The van der Waals surface area contributed by atoms with Gasteiger partial charge in [-0.3, -0.25) is 14.4 Å². The van der Waals surface area contributed by atoms with Gasteiger partial charge in [-0.2, -0.15) is 0 Å². The molecule has 2 rings (SSSR count). The van der Waals surface area contributed by atoms with Crippen molar-refractivity contribution in [1.82, 2.24) is 10.6 Å². The SMILES string of the molecule is Cc1ccc(C(=O)CCC(=O)NCCNC(=O)C2CCCCC2)cc1. The number of nitrogens with one attached hydrogen (secondary N) is 2. The summed E-state index contributed by atoms with van der Waals surface area (Å²) in [6.45, 7) is 2.80. The summed E-state index contributed by atoms with van der Waals surface area (Å²) in [5, 5.41) is 5.63. The van der Waals surface area contributed by atoms with Crippen LogP contribution in [0.3, 0.4) is 0 Å². The Kier molecular flexibility index (Phi) is 7.64. The van der Waals surface area contributed by atoms with Gasteiger partial charge in [-0.1, -0.05) is 49.1 Å². The molecule has 0 aliphatic heterocycles. The molecule has 0 bridgehead atoms. The minimum atomic E-state index is -0.160. The highest BCUT2D eigenvalue weighted by molar-refractivity contribution is 5.97. The molecule has 1 aromatic rings. The van der Waals surface area contributed by atoms with Crippen molar-refractivity contribution in [3.05, 3.63) is 35.4 Å². The second-order valence-electron chi connectivity index (χ2n) is 6.77. The van der Waals surface area contributed by atoms with Crippen LogP contribution in [0, 0.1) is 12.8 Å². The molecular weight excluding hydrogens is 316 g/mol. The van der Waals surface area contributed by atoms with Gasteiger partial charge in [-0.15, -0.1) is 0 Å². The van der Waals surface area contributed by atoms with Gasteiger partial charge < -0.3 is 10.6 Å². The van der Waals surface area contributed by atoms with Crippen LogP contribution in [0.5, 0.6) is 0 Å². The average molecular weight is 344 g/mol.